The normalized spacial score (nSPS) is 16.5. The van der Waals surface area contributed by atoms with Crippen molar-refractivity contribution < 1.29 is 18.3 Å². The Labute approximate surface area is 221 Å². The predicted molar refractivity (Wildman–Crippen MR) is 142 cm³/mol. The van der Waals surface area contributed by atoms with Gasteiger partial charge in [-0.05, 0) is 50.1 Å². The van der Waals surface area contributed by atoms with Gasteiger partial charge in [-0.15, -0.1) is 0 Å². The number of aromatic nitrogens is 2. The van der Waals surface area contributed by atoms with Gasteiger partial charge in [-0.2, -0.15) is 10.4 Å². The Balaban J connectivity index is 0.00000336. The Morgan fingerprint density at radius 3 is 2.50 bits per heavy atom. The molecule has 10 heteroatoms. The number of carbonyl (C=O) groups excluding carboxylic acids is 1. The standard InChI is InChI=1S/C27H28F2N6O2.CH4/c1-18-23(17-31-35(18)22-3-4-24(28)25(29)15-22)27(36)32-20-2-5-26(19(14-20)16-30)34-10-8-33(9-11-34)21-6-12-37-13-7-21;/h2-5,14-15,17,21H,6-13H2,1H3,(H,32,36);1H4. The van der Waals surface area contributed by atoms with Crippen LogP contribution in [0.2, 0.25) is 0 Å². The summed E-state index contributed by atoms with van der Waals surface area (Å²) >= 11 is 0. The third-order valence-corrected chi connectivity index (χ3v) is 7.14. The predicted octanol–water partition coefficient (Wildman–Crippen LogP) is 4.52. The van der Waals surface area contributed by atoms with Crippen LogP contribution >= 0.6 is 0 Å². The van der Waals surface area contributed by atoms with Crippen LogP contribution in [0.4, 0.5) is 20.2 Å². The van der Waals surface area contributed by atoms with Crippen molar-refractivity contribution in [2.75, 3.05) is 49.6 Å². The van der Waals surface area contributed by atoms with Crippen molar-refractivity contribution in [3.8, 4) is 11.8 Å². The Morgan fingerprint density at radius 2 is 1.82 bits per heavy atom. The van der Waals surface area contributed by atoms with Crippen molar-refractivity contribution in [3.05, 3.63) is 71.1 Å². The molecule has 1 amide bonds. The first kappa shape index (κ1) is 27.2. The Hall–Kier alpha value is -3.81. The molecule has 1 aromatic heterocycles. The van der Waals surface area contributed by atoms with Crippen molar-refractivity contribution in [2.45, 2.75) is 33.2 Å². The first-order chi connectivity index (χ1) is 17.9. The first-order valence-electron chi connectivity index (χ1n) is 12.4. The van der Waals surface area contributed by atoms with Gasteiger partial charge in [0.2, 0.25) is 0 Å². The zero-order chi connectivity index (χ0) is 25.9. The highest BCUT2D eigenvalue weighted by atomic mass is 19.2. The SMILES string of the molecule is C.Cc1c(C(=O)Nc2ccc(N3CCN(C4CCOCC4)CC3)c(C#N)c2)cnn1-c1ccc(F)c(F)c1. The second kappa shape index (κ2) is 11.7. The average molecular weight is 523 g/mol. The molecule has 0 aliphatic carbocycles. The molecule has 8 nitrogen and oxygen atoms in total. The number of amides is 1. The van der Waals surface area contributed by atoms with Gasteiger partial charge in [-0.25, -0.2) is 13.5 Å². The van der Waals surface area contributed by atoms with Crippen LogP contribution in [-0.2, 0) is 4.74 Å². The van der Waals surface area contributed by atoms with E-state index in [0.717, 1.165) is 70.1 Å². The van der Waals surface area contributed by atoms with E-state index in [1.807, 2.05) is 6.07 Å². The molecule has 0 saturated carbocycles. The summed E-state index contributed by atoms with van der Waals surface area (Å²) in [6.07, 6.45) is 3.51. The van der Waals surface area contributed by atoms with E-state index in [4.69, 9.17) is 4.74 Å². The minimum Gasteiger partial charge on any atom is -0.381 e. The molecule has 0 unspecified atom stereocenters. The Kier molecular flexibility index (Phi) is 8.39. The lowest BCUT2D eigenvalue weighted by Crippen LogP contribution is -2.51. The van der Waals surface area contributed by atoms with E-state index in [1.165, 1.54) is 16.9 Å². The lowest BCUT2D eigenvalue weighted by molar-refractivity contribution is 0.0321. The molecule has 3 aromatic rings. The molecule has 3 heterocycles. The molecule has 2 aromatic carbocycles. The van der Waals surface area contributed by atoms with Gasteiger partial charge in [0, 0.05) is 57.2 Å². The molecule has 2 saturated heterocycles. The summed E-state index contributed by atoms with van der Waals surface area (Å²) in [5.74, 6) is -2.36. The summed E-state index contributed by atoms with van der Waals surface area (Å²) in [5.41, 5.74) is 2.91. The molecule has 1 N–H and O–H groups in total. The summed E-state index contributed by atoms with van der Waals surface area (Å²) in [6.45, 7) is 6.86. The monoisotopic (exact) mass is 522 g/mol. The fourth-order valence-electron chi connectivity index (χ4n) is 5.07. The highest BCUT2D eigenvalue weighted by molar-refractivity contribution is 6.05. The van der Waals surface area contributed by atoms with Crippen molar-refractivity contribution in [3.63, 3.8) is 0 Å². The van der Waals surface area contributed by atoms with Crippen molar-refractivity contribution in [1.82, 2.24) is 14.7 Å². The smallest absolute Gasteiger partial charge is 0.259 e. The molecule has 0 spiro atoms. The van der Waals surface area contributed by atoms with Crippen LogP contribution in [0.3, 0.4) is 0 Å². The van der Waals surface area contributed by atoms with Crippen LogP contribution in [0.25, 0.3) is 5.69 Å². The van der Waals surface area contributed by atoms with E-state index < -0.39 is 17.5 Å². The first-order valence-corrected chi connectivity index (χ1v) is 12.4. The highest BCUT2D eigenvalue weighted by Gasteiger charge is 2.26. The van der Waals surface area contributed by atoms with Crippen LogP contribution in [0.15, 0.2) is 42.6 Å². The highest BCUT2D eigenvalue weighted by Crippen LogP contribution is 2.27. The number of rotatable bonds is 5. The van der Waals surface area contributed by atoms with Crippen LogP contribution in [-0.4, -0.2) is 66.0 Å². The van der Waals surface area contributed by atoms with Gasteiger partial charge >= 0.3 is 0 Å². The average Bonchev–Trinajstić information content (AvgIpc) is 3.32. The number of nitrogens with one attached hydrogen (secondary N) is 1. The third-order valence-electron chi connectivity index (χ3n) is 7.14. The number of halogens is 2. The minimum atomic E-state index is -0.993. The van der Waals surface area contributed by atoms with Gasteiger partial charge in [-0.3, -0.25) is 9.69 Å². The topological polar surface area (TPSA) is 86.4 Å². The van der Waals surface area contributed by atoms with Crippen LogP contribution < -0.4 is 10.2 Å². The Morgan fingerprint density at radius 1 is 1.08 bits per heavy atom. The second-order valence-electron chi connectivity index (χ2n) is 9.32. The summed E-state index contributed by atoms with van der Waals surface area (Å²) in [7, 11) is 0. The number of nitriles is 1. The summed E-state index contributed by atoms with van der Waals surface area (Å²) in [4.78, 5) is 17.7. The van der Waals surface area contributed by atoms with E-state index in [-0.39, 0.29) is 13.0 Å². The fourth-order valence-corrected chi connectivity index (χ4v) is 5.07. The van der Waals surface area contributed by atoms with E-state index in [1.54, 1.807) is 19.1 Å². The molecule has 0 bridgehead atoms. The van der Waals surface area contributed by atoms with Crippen LogP contribution in [0.5, 0.6) is 0 Å². The van der Waals surface area contributed by atoms with Crippen molar-refractivity contribution >= 4 is 17.3 Å². The zero-order valence-electron chi connectivity index (χ0n) is 20.6. The number of anilines is 2. The minimum absolute atomic E-state index is 0. The molecule has 5 rings (SSSR count). The van der Waals surface area contributed by atoms with E-state index in [2.05, 4.69) is 26.3 Å². The van der Waals surface area contributed by atoms with E-state index in [0.29, 0.717) is 28.7 Å². The number of benzene rings is 2. The van der Waals surface area contributed by atoms with Gasteiger partial charge in [0.1, 0.15) is 6.07 Å². The number of ether oxygens (including phenoxy) is 1. The molecule has 200 valence electrons. The maximum absolute atomic E-state index is 13.7. The number of nitrogens with zero attached hydrogens (tertiary/aromatic N) is 5. The van der Waals surface area contributed by atoms with E-state index in [9.17, 15) is 18.8 Å². The largest absolute Gasteiger partial charge is 0.381 e. The van der Waals surface area contributed by atoms with Crippen LogP contribution in [0.1, 0.15) is 41.9 Å². The van der Waals surface area contributed by atoms with Crippen molar-refractivity contribution in [2.24, 2.45) is 0 Å². The molecule has 2 fully saturated rings. The zero-order valence-corrected chi connectivity index (χ0v) is 20.6. The van der Waals surface area contributed by atoms with Gasteiger partial charge in [0.25, 0.3) is 5.91 Å². The lowest BCUT2D eigenvalue weighted by Gasteiger charge is -2.41. The number of hydrogen-bond acceptors (Lipinski definition) is 6. The molecule has 0 radical (unpaired) electrons. The lowest BCUT2D eigenvalue weighted by atomic mass is 10.1. The van der Waals surface area contributed by atoms with Gasteiger partial charge < -0.3 is 15.0 Å². The van der Waals surface area contributed by atoms with E-state index >= 15 is 0 Å². The number of carbonyl (C=O) groups is 1. The summed E-state index contributed by atoms with van der Waals surface area (Å²) < 4.78 is 33.8. The second-order valence-corrected chi connectivity index (χ2v) is 9.32. The van der Waals surface area contributed by atoms with Gasteiger partial charge in [-0.1, -0.05) is 7.43 Å². The summed E-state index contributed by atoms with van der Waals surface area (Å²) in [5, 5.41) is 16.8. The fraction of sp³-hybridized carbons (Fsp3) is 0.393. The number of hydrogen-bond donors (Lipinski definition) is 1. The maximum atomic E-state index is 13.7. The molecule has 2 aliphatic heterocycles. The Bertz CT molecular complexity index is 1340. The molecule has 2 aliphatic rings. The molecular weight excluding hydrogens is 490 g/mol. The molecule has 0 atom stereocenters. The number of piperazine rings is 1. The van der Waals surface area contributed by atoms with Crippen molar-refractivity contribution in [1.29, 1.82) is 5.26 Å². The third kappa shape index (κ3) is 5.54. The molecular formula is C28H32F2N6O2. The van der Waals surface area contributed by atoms with Crippen LogP contribution in [0, 0.1) is 29.9 Å². The quantitative estimate of drug-likeness (QED) is 0.530. The van der Waals surface area contributed by atoms with Gasteiger partial charge in [0.15, 0.2) is 11.6 Å². The molecule has 38 heavy (non-hydrogen) atoms. The summed E-state index contributed by atoms with van der Waals surface area (Å²) in [6, 6.07) is 11.6. The maximum Gasteiger partial charge on any atom is 0.259 e. The van der Waals surface area contributed by atoms with Gasteiger partial charge in [0.05, 0.1) is 34.4 Å².